The molecule has 3 nitrogen and oxygen atoms in total. The maximum absolute atomic E-state index is 11.1. The fourth-order valence-electron chi connectivity index (χ4n) is 1.83. The predicted molar refractivity (Wildman–Crippen MR) is 51.3 cm³/mol. The lowest BCUT2D eigenvalue weighted by Crippen LogP contribution is -2.38. The normalized spacial score (nSPS) is 31.8. The molecule has 1 atom stereocenters. The fourth-order valence-corrected chi connectivity index (χ4v) is 3.65. The van der Waals surface area contributed by atoms with Crippen molar-refractivity contribution in [2.45, 2.75) is 18.6 Å². The lowest BCUT2D eigenvalue weighted by atomic mass is 9.94. The van der Waals surface area contributed by atoms with E-state index in [0.717, 1.165) is 10.4 Å². The van der Waals surface area contributed by atoms with Crippen molar-refractivity contribution in [3.05, 3.63) is 0 Å². The van der Waals surface area contributed by atoms with E-state index < -0.39 is 0 Å². The van der Waals surface area contributed by atoms with Gasteiger partial charge in [0.05, 0.1) is 30.8 Å². The zero-order valence-corrected chi connectivity index (χ0v) is 8.94. The van der Waals surface area contributed by atoms with Crippen molar-refractivity contribution in [3.8, 4) is 0 Å². The predicted octanol–water partition coefficient (Wildman–Crippen LogP) is 0.605. The standard InChI is InChI=1S/C8H16N2OS/c1-8(2)6(7(9)11)5-10(3,4)12-8/h6H,5H2,1-4H3,(H-,9,11)/p+1. The van der Waals surface area contributed by atoms with Gasteiger partial charge >= 0.3 is 0 Å². The van der Waals surface area contributed by atoms with Gasteiger partial charge in [0.1, 0.15) is 12.5 Å². The molecule has 0 aromatic heterocycles. The SMILES string of the molecule is CC1(C)S[N+](C)(C)CC1C(N)=O. The third-order valence-electron chi connectivity index (χ3n) is 2.29. The Hall–Kier alpha value is -0.220. The van der Waals surface area contributed by atoms with Gasteiger partial charge in [-0.15, -0.1) is 0 Å². The molecular weight excluding hydrogens is 172 g/mol. The molecule has 2 N–H and O–H groups in total. The summed E-state index contributed by atoms with van der Waals surface area (Å²) in [6, 6.07) is 0. The Morgan fingerprint density at radius 2 is 2.08 bits per heavy atom. The largest absolute Gasteiger partial charge is 0.369 e. The number of hydrogen-bond donors (Lipinski definition) is 1. The Kier molecular flexibility index (Phi) is 2.17. The molecule has 70 valence electrons. The van der Waals surface area contributed by atoms with Gasteiger partial charge in [-0.1, -0.05) is 0 Å². The van der Waals surface area contributed by atoms with Gasteiger partial charge in [0.15, 0.2) is 0 Å². The highest BCUT2D eigenvalue weighted by atomic mass is 32.2. The van der Waals surface area contributed by atoms with Crippen LogP contribution in [-0.2, 0) is 4.79 Å². The van der Waals surface area contributed by atoms with Crippen molar-refractivity contribution < 1.29 is 8.68 Å². The van der Waals surface area contributed by atoms with E-state index in [9.17, 15) is 4.79 Å². The maximum Gasteiger partial charge on any atom is 0.227 e. The van der Waals surface area contributed by atoms with Gasteiger partial charge < -0.3 is 5.73 Å². The highest BCUT2D eigenvalue weighted by Gasteiger charge is 2.51. The summed E-state index contributed by atoms with van der Waals surface area (Å²) >= 11 is 1.80. The van der Waals surface area contributed by atoms with Crippen molar-refractivity contribution in [1.82, 2.24) is 0 Å². The van der Waals surface area contributed by atoms with Crippen LogP contribution in [0.25, 0.3) is 0 Å². The highest BCUT2D eigenvalue weighted by Crippen LogP contribution is 2.45. The molecule has 0 saturated carbocycles. The molecule has 4 heteroatoms. The molecule has 1 fully saturated rings. The Labute approximate surface area is 78.0 Å². The number of nitrogens with zero attached hydrogens (tertiary/aromatic N) is 1. The van der Waals surface area contributed by atoms with E-state index in [2.05, 4.69) is 27.9 Å². The molecule has 0 radical (unpaired) electrons. The molecule has 1 heterocycles. The molecule has 0 aliphatic carbocycles. The van der Waals surface area contributed by atoms with Gasteiger partial charge in [-0.3, -0.25) is 8.68 Å². The van der Waals surface area contributed by atoms with Crippen LogP contribution in [0.3, 0.4) is 0 Å². The number of nitrogens with two attached hydrogens (primary N) is 1. The van der Waals surface area contributed by atoms with E-state index in [0.29, 0.717) is 0 Å². The maximum atomic E-state index is 11.1. The Bertz CT molecular complexity index is 213. The van der Waals surface area contributed by atoms with Crippen LogP contribution in [0.1, 0.15) is 13.8 Å². The lowest BCUT2D eigenvalue weighted by Gasteiger charge is -2.21. The molecule has 0 aromatic carbocycles. The van der Waals surface area contributed by atoms with E-state index in [1.807, 2.05) is 0 Å². The van der Waals surface area contributed by atoms with Gasteiger partial charge in [0.25, 0.3) is 0 Å². The van der Waals surface area contributed by atoms with Crippen LogP contribution in [0.2, 0.25) is 0 Å². The van der Waals surface area contributed by atoms with E-state index in [4.69, 9.17) is 5.73 Å². The summed E-state index contributed by atoms with van der Waals surface area (Å²) in [7, 11) is 4.21. The first-order chi connectivity index (χ1) is 5.25. The Balaban J connectivity index is 2.85. The van der Waals surface area contributed by atoms with E-state index in [1.54, 1.807) is 11.9 Å². The van der Waals surface area contributed by atoms with Crippen molar-refractivity contribution >= 4 is 17.9 Å². The summed E-state index contributed by atoms with van der Waals surface area (Å²) in [5.41, 5.74) is 5.33. The van der Waals surface area contributed by atoms with Crippen molar-refractivity contribution in [2.24, 2.45) is 11.7 Å². The quantitative estimate of drug-likeness (QED) is 0.485. The fraction of sp³-hybridized carbons (Fsp3) is 0.875. The van der Waals surface area contributed by atoms with Crippen LogP contribution in [0.5, 0.6) is 0 Å². The summed E-state index contributed by atoms with van der Waals surface area (Å²) < 4.78 is 0.802. The van der Waals surface area contributed by atoms with Crippen LogP contribution < -0.4 is 5.73 Å². The number of carbonyl (C=O) groups excluding carboxylic acids is 1. The zero-order valence-electron chi connectivity index (χ0n) is 8.13. The summed E-state index contributed by atoms with van der Waals surface area (Å²) in [5.74, 6) is -0.172. The molecule has 0 aromatic rings. The van der Waals surface area contributed by atoms with Crippen LogP contribution in [0.4, 0.5) is 0 Å². The van der Waals surface area contributed by atoms with Crippen molar-refractivity contribution in [3.63, 3.8) is 0 Å². The Morgan fingerprint density at radius 3 is 2.25 bits per heavy atom. The third kappa shape index (κ3) is 1.75. The lowest BCUT2D eigenvalue weighted by molar-refractivity contribution is -0.747. The number of amides is 1. The topological polar surface area (TPSA) is 43.1 Å². The number of hydrogen-bond acceptors (Lipinski definition) is 2. The summed E-state index contributed by atoms with van der Waals surface area (Å²) in [5, 5.41) is 0. The second-order valence-electron chi connectivity index (χ2n) is 4.41. The molecule has 1 rings (SSSR count). The second-order valence-corrected chi connectivity index (χ2v) is 6.63. The zero-order chi connectivity index (χ0) is 9.57. The van der Waals surface area contributed by atoms with Crippen LogP contribution in [-0.4, -0.2) is 35.2 Å². The van der Waals surface area contributed by atoms with Crippen molar-refractivity contribution in [1.29, 1.82) is 0 Å². The Morgan fingerprint density at radius 1 is 1.58 bits per heavy atom. The number of rotatable bonds is 1. The average Bonchev–Trinajstić information content (AvgIpc) is 1.99. The third-order valence-corrected chi connectivity index (χ3v) is 3.69. The number of quaternary nitrogens is 1. The summed E-state index contributed by atoms with van der Waals surface area (Å²) in [6.45, 7) is 5.01. The van der Waals surface area contributed by atoms with Crippen LogP contribution >= 0.6 is 11.9 Å². The first-order valence-corrected chi connectivity index (χ1v) is 4.85. The minimum absolute atomic E-state index is 0.00231. The van der Waals surface area contributed by atoms with Gasteiger partial charge in [0.2, 0.25) is 5.91 Å². The number of carbonyl (C=O) groups is 1. The van der Waals surface area contributed by atoms with Gasteiger partial charge in [-0.05, 0) is 13.8 Å². The molecule has 12 heavy (non-hydrogen) atoms. The van der Waals surface area contributed by atoms with E-state index in [1.165, 1.54) is 0 Å². The smallest absolute Gasteiger partial charge is 0.227 e. The van der Waals surface area contributed by atoms with E-state index in [-0.39, 0.29) is 16.6 Å². The van der Waals surface area contributed by atoms with Crippen LogP contribution in [0.15, 0.2) is 0 Å². The molecule has 1 amide bonds. The molecule has 1 unspecified atom stereocenters. The first kappa shape index (κ1) is 9.86. The summed E-state index contributed by atoms with van der Waals surface area (Å²) in [6.07, 6.45) is 0. The average molecular weight is 189 g/mol. The molecule has 1 aliphatic rings. The number of primary amides is 1. The molecule has 1 aliphatic heterocycles. The van der Waals surface area contributed by atoms with Gasteiger partial charge in [0, 0.05) is 0 Å². The minimum Gasteiger partial charge on any atom is -0.369 e. The molecule has 0 spiro atoms. The summed E-state index contributed by atoms with van der Waals surface area (Å²) in [4.78, 5) is 11.1. The minimum atomic E-state index is -0.170. The van der Waals surface area contributed by atoms with Crippen molar-refractivity contribution in [2.75, 3.05) is 20.6 Å². The molecule has 1 saturated heterocycles. The van der Waals surface area contributed by atoms with E-state index >= 15 is 0 Å². The van der Waals surface area contributed by atoms with Crippen LogP contribution in [0, 0.1) is 5.92 Å². The highest BCUT2D eigenvalue weighted by molar-refractivity contribution is 7.95. The van der Waals surface area contributed by atoms with Gasteiger partial charge in [-0.2, -0.15) is 0 Å². The van der Waals surface area contributed by atoms with Gasteiger partial charge in [-0.25, -0.2) is 0 Å². The molecule has 0 bridgehead atoms. The monoisotopic (exact) mass is 189 g/mol. The molecular formula is C8H17N2OS+. The second kappa shape index (κ2) is 2.64. The first-order valence-electron chi connectivity index (χ1n) is 4.08.